The number of aliphatic hydroxyl groups excluding tert-OH is 1. The Bertz CT molecular complexity index is 449. The van der Waals surface area contributed by atoms with E-state index in [0.29, 0.717) is 17.7 Å². The van der Waals surface area contributed by atoms with E-state index in [1.54, 1.807) is 6.07 Å². The second-order valence-electron chi connectivity index (χ2n) is 5.15. The maximum absolute atomic E-state index is 13.1. The summed E-state index contributed by atoms with van der Waals surface area (Å²) in [7, 11) is 0. The molecule has 0 spiro atoms. The summed E-state index contributed by atoms with van der Waals surface area (Å²) in [6.45, 7) is 2.04. The summed E-state index contributed by atoms with van der Waals surface area (Å²) in [6, 6.07) is 4.28. The zero-order chi connectivity index (χ0) is 12.7. The third-order valence-corrected chi connectivity index (χ3v) is 3.74. The highest BCUT2D eigenvalue weighted by Crippen LogP contribution is 2.38. The Hall–Kier alpha value is -1.13. The predicted octanol–water partition coefficient (Wildman–Crippen LogP) is 2.58. The molecule has 4 unspecified atom stereocenters. The number of fused-ring (bicyclic) bond motifs is 1. The van der Waals surface area contributed by atoms with Gasteiger partial charge in [0.2, 0.25) is 0 Å². The maximum atomic E-state index is 13.1. The lowest BCUT2D eigenvalue weighted by molar-refractivity contribution is -0.0466. The van der Waals surface area contributed by atoms with Crippen LogP contribution in [-0.2, 0) is 4.74 Å². The Morgan fingerprint density at radius 3 is 2.83 bits per heavy atom. The van der Waals surface area contributed by atoms with Crippen molar-refractivity contribution in [2.45, 2.75) is 50.6 Å². The lowest BCUT2D eigenvalue weighted by Crippen LogP contribution is -2.36. The van der Waals surface area contributed by atoms with Crippen LogP contribution in [0, 0.1) is 5.82 Å². The molecule has 2 heterocycles. The van der Waals surface area contributed by atoms with E-state index in [9.17, 15) is 9.50 Å². The molecule has 0 radical (unpaired) electrons. The van der Waals surface area contributed by atoms with E-state index in [4.69, 9.17) is 9.47 Å². The van der Waals surface area contributed by atoms with Crippen molar-refractivity contribution in [2.75, 3.05) is 0 Å². The van der Waals surface area contributed by atoms with E-state index in [0.717, 1.165) is 12.8 Å². The molecule has 3 nitrogen and oxygen atoms in total. The van der Waals surface area contributed by atoms with Gasteiger partial charge in [-0.3, -0.25) is 0 Å². The van der Waals surface area contributed by atoms with E-state index >= 15 is 0 Å². The average molecular weight is 252 g/mol. The van der Waals surface area contributed by atoms with Crippen molar-refractivity contribution >= 4 is 0 Å². The highest BCUT2D eigenvalue weighted by atomic mass is 19.1. The molecule has 0 saturated carbocycles. The summed E-state index contributed by atoms with van der Waals surface area (Å²) in [5, 5.41) is 10.1. The van der Waals surface area contributed by atoms with Crippen molar-refractivity contribution in [2.24, 2.45) is 0 Å². The van der Waals surface area contributed by atoms with Gasteiger partial charge in [0.15, 0.2) is 0 Å². The topological polar surface area (TPSA) is 38.7 Å². The molecule has 18 heavy (non-hydrogen) atoms. The molecule has 1 N–H and O–H groups in total. The zero-order valence-corrected chi connectivity index (χ0v) is 10.3. The number of halogens is 1. The molecule has 1 saturated heterocycles. The average Bonchev–Trinajstić information content (AvgIpc) is 2.77. The number of hydrogen-bond donors (Lipinski definition) is 1. The minimum Gasteiger partial charge on any atom is -0.487 e. The molecule has 1 fully saturated rings. The third kappa shape index (κ3) is 2.10. The minimum absolute atomic E-state index is 0.0350. The molecule has 4 atom stereocenters. The molecule has 98 valence electrons. The van der Waals surface area contributed by atoms with Gasteiger partial charge in [-0.05, 0) is 38.0 Å². The molecule has 0 aromatic heterocycles. The molecule has 3 rings (SSSR count). The first-order valence-corrected chi connectivity index (χ1v) is 6.43. The van der Waals surface area contributed by atoms with Gasteiger partial charge in [-0.15, -0.1) is 0 Å². The fourth-order valence-electron chi connectivity index (χ4n) is 2.78. The first-order chi connectivity index (χ1) is 8.63. The van der Waals surface area contributed by atoms with Crippen LogP contribution in [0.25, 0.3) is 0 Å². The Kier molecular flexibility index (Phi) is 2.99. The highest BCUT2D eigenvalue weighted by Gasteiger charge is 2.36. The quantitative estimate of drug-likeness (QED) is 0.835. The SMILES string of the molecule is CC1CCC(C2CC(O)c3cc(F)ccc3O2)O1. The van der Waals surface area contributed by atoms with Gasteiger partial charge >= 0.3 is 0 Å². The summed E-state index contributed by atoms with van der Waals surface area (Å²) in [4.78, 5) is 0. The monoisotopic (exact) mass is 252 g/mol. The van der Waals surface area contributed by atoms with Gasteiger partial charge in [0.05, 0.1) is 18.3 Å². The van der Waals surface area contributed by atoms with Crippen molar-refractivity contribution in [3.8, 4) is 5.75 Å². The summed E-state index contributed by atoms with van der Waals surface area (Å²) >= 11 is 0. The van der Waals surface area contributed by atoms with Crippen LogP contribution >= 0.6 is 0 Å². The Morgan fingerprint density at radius 1 is 1.28 bits per heavy atom. The second-order valence-corrected chi connectivity index (χ2v) is 5.15. The van der Waals surface area contributed by atoms with Crippen LogP contribution < -0.4 is 4.74 Å². The van der Waals surface area contributed by atoms with Crippen LogP contribution in [0.3, 0.4) is 0 Å². The summed E-state index contributed by atoms with van der Waals surface area (Å²) in [5.41, 5.74) is 0.539. The van der Waals surface area contributed by atoms with Crippen LogP contribution in [0.4, 0.5) is 4.39 Å². The minimum atomic E-state index is -0.672. The van der Waals surface area contributed by atoms with Crippen LogP contribution in [0.5, 0.6) is 5.75 Å². The number of hydrogen-bond acceptors (Lipinski definition) is 3. The fourth-order valence-corrected chi connectivity index (χ4v) is 2.78. The normalized spacial score (nSPS) is 35.1. The van der Waals surface area contributed by atoms with Crippen LogP contribution in [-0.4, -0.2) is 23.4 Å². The van der Waals surface area contributed by atoms with Gasteiger partial charge in [-0.25, -0.2) is 4.39 Å². The van der Waals surface area contributed by atoms with Gasteiger partial charge in [0, 0.05) is 12.0 Å². The molecule has 2 aliphatic heterocycles. The van der Waals surface area contributed by atoms with Crippen LogP contribution in [0.1, 0.15) is 37.9 Å². The molecule has 0 aliphatic carbocycles. The van der Waals surface area contributed by atoms with E-state index in [1.165, 1.54) is 12.1 Å². The number of benzene rings is 1. The molecule has 4 heteroatoms. The Labute approximate surface area is 106 Å². The van der Waals surface area contributed by atoms with Gasteiger partial charge in [0.25, 0.3) is 0 Å². The van der Waals surface area contributed by atoms with Crippen LogP contribution in [0.2, 0.25) is 0 Å². The molecular formula is C14H17FO3. The summed E-state index contributed by atoms with van der Waals surface area (Å²) in [6.07, 6.45) is 1.93. The molecule has 1 aromatic rings. The smallest absolute Gasteiger partial charge is 0.128 e. The zero-order valence-electron chi connectivity index (χ0n) is 10.3. The Morgan fingerprint density at radius 2 is 2.11 bits per heavy atom. The Balaban J connectivity index is 1.81. The second kappa shape index (κ2) is 4.52. The lowest BCUT2D eigenvalue weighted by Gasteiger charge is -2.32. The van der Waals surface area contributed by atoms with Gasteiger partial charge in [0.1, 0.15) is 17.7 Å². The van der Waals surface area contributed by atoms with Gasteiger partial charge in [-0.1, -0.05) is 0 Å². The molecule has 0 amide bonds. The number of aliphatic hydroxyl groups is 1. The molecule has 1 aromatic carbocycles. The standard InChI is InChI=1S/C14H17FO3/c1-8-2-4-13(17-8)14-7-11(16)10-6-9(15)3-5-12(10)18-14/h3,5-6,8,11,13-14,16H,2,4,7H2,1H3. The molecular weight excluding hydrogens is 235 g/mol. The highest BCUT2D eigenvalue weighted by molar-refractivity contribution is 5.37. The lowest BCUT2D eigenvalue weighted by atomic mass is 9.95. The van der Waals surface area contributed by atoms with Crippen molar-refractivity contribution < 1.29 is 19.0 Å². The van der Waals surface area contributed by atoms with Gasteiger partial charge in [-0.2, -0.15) is 0 Å². The predicted molar refractivity (Wildman–Crippen MR) is 64.0 cm³/mol. The van der Waals surface area contributed by atoms with Gasteiger partial charge < -0.3 is 14.6 Å². The molecule has 2 aliphatic rings. The van der Waals surface area contributed by atoms with E-state index in [1.807, 2.05) is 6.92 Å². The first kappa shape index (κ1) is 11.9. The van der Waals surface area contributed by atoms with E-state index < -0.39 is 6.10 Å². The van der Waals surface area contributed by atoms with E-state index in [2.05, 4.69) is 0 Å². The third-order valence-electron chi connectivity index (χ3n) is 3.74. The van der Waals surface area contributed by atoms with Crippen molar-refractivity contribution in [1.29, 1.82) is 0 Å². The van der Waals surface area contributed by atoms with Crippen molar-refractivity contribution in [3.63, 3.8) is 0 Å². The first-order valence-electron chi connectivity index (χ1n) is 6.43. The number of ether oxygens (including phenoxy) is 2. The van der Waals surface area contributed by atoms with Crippen LogP contribution in [0.15, 0.2) is 18.2 Å². The maximum Gasteiger partial charge on any atom is 0.128 e. The van der Waals surface area contributed by atoms with E-state index in [-0.39, 0.29) is 24.1 Å². The summed E-state index contributed by atoms with van der Waals surface area (Å²) in [5.74, 6) is 0.226. The fraction of sp³-hybridized carbons (Fsp3) is 0.571. The van der Waals surface area contributed by atoms with Crippen molar-refractivity contribution in [1.82, 2.24) is 0 Å². The summed E-state index contributed by atoms with van der Waals surface area (Å²) < 4.78 is 24.7. The van der Waals surface area contributed by atoms with Crippen molar-refractivity contribution in [3.05, 3.63) is 29.6 Å². The largest absolute Gasteiger partial charge is 0.487 e. The number of rotatable bonds is 1. The molecule has 0 bridgehead atoms.